The summed E-state index contributed by atoms with van der Waals surface area (Å²) >= 11 is 0. The fourth-order valence-corrected chi connectivity index (χ4v) is 3.24. The highest BCUT2D eigenvalue weighted by Crippen LogP contribution is 2.15. The van der Waals surface area contributed by atoms with Crippen LogP contribution in [0.1, 0.15) is 18.4 Å². The van der Waals surface area contributed by atoms with Gasteiger partial charge < -0.3 is 9.84 Å². The largest absolute Gasteiger partial charge is 0.480 e. The van der Waals surface area contributed by atoms with Crippen LogP contribution in [0.15, 0.2) is 29.2 Å². The van der Waals surface area contributed by atoms with E-state index in [0.717, 1.165) is 0 Å². The van der Waals surface area contributed by atoms with Crippen LogP contribution in [-0.4, -0.2) is 39.3 Å². The number of sulfonamides is 1. The van der Waals surface area contributed by atoms with Crippen molar-refractivity contribution in [3.05, 3.63) is 29.8 Å². The predicted molar refractivity (Wildman–Crippen MR) is 74.0 cm³/mol. The molecule has 0 amide bonds. The molecule has 0 radical (unpaired) electrons. The number of benzene rings is 1. The topological polar surface area (TPSA) is 92.7 Å². The molecule has 7 heteroatoms. The van der Waals surface area contributed by atoms with E-state index in [0.29, 0.717) is 18.6 Å². The van der Waals surface area contributed by atoms with E-state index < -0.39 is 22.0 Å². The van der Waals surface area contributed by atoms with Crippen molar-refractivity contribution in [1.29, 1.82) is 0 Å². The normalized spacial score (nSPS) is 13.1. The molecule has 0 aromatic heterocycles. The zero-order valence-corrected chi connectivity index (χ0v) is 12.3. The van der Waals surface area contributed by atoms with Crippen molar-refractivity contribution < 1.29 is 23.1 Å². The van der Waals surface area contributed by atoms with Crippen LogP contribution in [-0.2, 0) is 19.6 Å². The van der Waals surface area contributed by atoms with Crippen molar-refractivity contribution in [3.8, 4) is 0 Å². The summed E-state index contributed by atoms with van der Waals surface area (Å²) in [5, 5.41) is 9.08. The van der Waals surface area contributed by atoms with Gasteiger partial charge in [-0.15, -0.1) is 0 Å². The number of rotatable bonds is 8. The fourth-order valence-electron chi connectivity index (χ4n) is 1.77. The molecule has 0 spiro atoms. The smallest absolute Gasteiger partial charge is 0.321 e. The molecule has 1 unspecified atom stereocenters. The number of hydrogen-bond donors (Lipinski definition) is 2. The van der Waals surface area contributed by atoms with Crippen LogP contribution >= 0.6 is 0 Å². The van der Waals surface area contributed by atoms with E-state index in [2.05, 4.69) is 4.72 Å². The molecule has 0 heterocycles. The van der Waals surface area contributed by atoms with Crippen molar-refractivity contribution in [3.63, 3.8) is 0 Å². The summed E-state index contributed by atoms with van der Waals surface area (Å²) in [5.41, 5.74) is 0.570. The van der Waals surface area contributed by atoms with Crippen LogP contribution in [0, 0.1) is 6.92 Å². The Labute approximate surface area is 118 Å². The molecule has 20 heavy (non-hydrogen) atoms. The van der Waals surface area contributed by atoms with Gasteiger partial charge in [0, 0.05) is 13.7 Å². The number of hydrogen-bond acceptors (Lipinski definition) is 4. The summed E-state index contributed by atoms with van der Waals surface area (Å²) in [6.07, 6.45) is 0.637. The van der Waals surface area contributed by atoms with Crippen LogP contribution in [0.3, 0.4) is 0 Å². The highest BCUT2D eigenvalue weighted by molar-refractivity contribution is 7.89. The lowest BCUT2D eigenvalue weighted by molar-refractivity contribution is -0.139. The van der Waals surface area contributed by atoms with Gasteiger partial charge in [0.25, 0.3) is 0 Å². The number of carboxylic acid groups (broad SMARTS) is 1. The van der Waals surface area contributed by atoms with E-state index in [1.807, 2.05) is 0 Å². The molecule has 0 fully saturated rings. The summed E-state index contributed by atoms with van der Waals surface area (Å²) < 4.78 is 31.5. The average molecular weight is 301 g/mol. The standard InChI is InChI=1S/C13H19NO5S/c1-10-6-3-4-8-12(10)20(17,18)14-11(13(15)16)7-5-9-19-2/h3-4,6,8,11,14H,5,7,9H2,1-2H3,(H,15,16). The average Bonchev–Trinajstić information content (AvgIpc) is 2.37. The predicted octanol–water partition coefficient (Wildman–Crippen LogP) is 1.15. The van der Waals surface area contributed by atoms with E-state index in [1.54, 1.807) is 25.1 Å². The lowest BCUT2D eigenvalue weighted by atomic mass is 10.2. The Hall–Kier alpha value is -1.44. The third-order valence-electron chi connectivity index (χ3n) is 2.82. The quantitative estimate of drug-likeness (QED) is 0.703. The SMILES string of the molecule is COCCCC(NS(=O)(=O)c1ccccc1C)C(=O)O. The molecule has 1 atom stereocenters. The van der Waals surface area contributed by atoms with E-state index in [4.69, 9.17) is 9.84 Å². The molecule has 0 aliphatic rings. The second-order valence-corrected chi connectivity index (χ2v) is 6.10. The number of aryl methyl sites for hydroxylation is 1. The van der Waals surface area contributed by atoms with Gasteiger partial charge in [0.1, 0.15) is 6.04 Å². The minimum absolute atomic E-state index is 0.0954. The van der Waals surface area contributed by atoms with Crippen LogP contribution in [0.5, 0.6) is 0 Å². The molecule has 1 aromatic carbocycles. The molecule has 0 aliphatic heterocycles. The second kappa shape index (κ2) is 7.37. The Morgan fingerprint density at radius 2 is 2.05 bits per heavy atom. The maximum atomic E-state index is 12.2. The highest BCUT2D eigenvalue weighted by atomic mass is 32.2. The Bertz CT molecular complexity index is 556. The number of nitrogens with one attached hydrogen (secondary N) is 1. The molecule has 0 bridgehead atoms. The van der Waals surface area contributed by atoms with Gasteiger partial charge in [-0.3, -0.25) is 4.79 Å². The molecule has 1 rings (SSSR count). The number of ether oxygens (including phenoxy) is 1. The Balaban J connectivity index is 2.87. The minimum atomic E-state index is -3.84. The van der Waals surface area contributed by atoms with Gasteiger partial charge in [0.2, 0.25) is 10.0 Å². The molecular formula is C13H19NO5S. The zero-order valence-electron chi connectivity index (χ0n) is 11.5. The van der Waals surface area contributed by atoms with Crippen molar-refractivity contribution in [2.75, 3.05) is 13.7 Å². The van der Waals surface area contributed by atoms with Gasteiger partial charge in [-0.05, 0) is 31.4 Å². The molecule has 0 aliphatic carbocycles. The molecule has 2 N–H and O–H groups in total. The van der Waals surface area contributed by atoms with Crippen LogP contribution in [0.2, 0.25) is 0 Å². The van der Waals surface area contributed by atoms with Gasteiger partial charge in [-0.1, -0.05) is 18.2 Å². The van der Waals surface area contributed by atoms with Crippen LogP contribution < -0.4 is 4.72 Å². The summed E-state index contributed by atoms with van der Waals surface area (Å²) in [5.74, 6) is -1.20. The first-order chi connectivity index (χ1) is 9.38. The van der Waals surface area contributed by atoms with E-state index in [9.17, 15) is 13.2 Å². The lowest BCUT2D eigenvalue weighted by Gasteiger charge is -2.15. The third-order valence-corrected chi connectivity index (χ3v) is 4.45. The molecule has 6 nitrogen and oxygen atoms in total. The summed E-state index contributed by atoms with van der Waals surface area (Å²) in [6, 6.07) is 5.28. The Morgan fingerprint density at radius 3 is 2.60 bits per heavy atom. The van der Waals surface area contributed by atoms with Crippen molar-refractivity contribution >= 4 is 16.0 Å². The van der Waals surface area contributed by atoms with Crippen molar-refractivity contribution in [2.45, 2.75) is 30.7 Å². The lowest BCUT2D eigenvalue weighted by Crippen LogP contribution is -2.41. The third kappa shape index (κ3) is 4.59. The van der Waals surface area contributed by atoms with Gasteiger partial charge in [-0.25, -0.2) is 8.42 Å². The maximum absolute atomic E-state index is 12.2. The van der Waals surface area contributed by atoms with Crippen LogP contribution in [0.4, 0.5) is 0 Å². The maximum Gasteiger partial charge on any atom is 0.321 e. The summed E-state index contributed by atoms with van der Waals surface area (Å²) in [6.45, 7) is 2.05. The number of carbonyl (C=O) groups is 1. The fraction of sp³-hybridized carbons (Fsp3) is 0.462. The zero-order chi connectivity index (χ0) is 15.2. The van der Waals surface area contributed by atoms with Crippen molar-refractivity contribution in [1.82, 2.24) is 4.72 Å². The second-order valence-electron chi connectivity index (χ2n) is 4.41. The van der Waals surface area contributed by atoms with Crippen molar-refractivity contribution in [2.24, 2.45) is 0 Å². The molecule has 1 aromatic rings. The summed E-state index contributed by atoms with van der Waals surface area (Å²) in [4.78, 5) is 11.2. The molecular weight excluding hydrogens is 282 g/mol. The monoisotopic (exact) mass is 301 g/mol. The molecule has 0 saturated carbocycles. The first kappa shape index (κ1) is 16.6. The Kier molecular flexibility index (Phi) is 6.12. The van der Waals surface area contributed by atoms with E-state index in [1.165, 1.54) is 13.2 Å². The first-order valence-electron chi connectivity index (χ1n) is 6.18. The summed E-state index contributed by atoms with van der Waals surface area (Å²) in [7, 11) is -2.34. The number of aliphatic carboxylic acids is 1. The molecule has 0 saturated heterocycles. The highest BCUT2D eigenvalue weighted by Gasteiger charge is 2.25. The number of methoxy groups -OCH3 is 1. The molecule has 112 valence electrons. The minimum Gasteiger partial charge on any atom is -0.480 e. The van der Waals surface area contributed by atoms with Gasteiger partial charge >= 0.3 is 5.97 Å². The van der Waals surface area contributed by atoms with E-state index in [-0.39, 0.29) is 11.3 Å². The van der Waals surface area contributed by atoms with Crippen LogP contribution in [0.25, 0.3) is 0 Å². The number of carboxylic acids is 1. The van der Waals surface area contributed by atoms with Gasteiger partial charge in [0.05, 0.1) is 4.90 Å². The van der Waals surface area contributed by atoms with E-state index >= 15 is 0 Å². The Morgan fingerprint density at radius 1 is 1.40 bits per heavy atom. The first-order valence-corrected chi connectivity index (χ1v) is 7.66. The van der Waals surface area contributed by atoms with Gasteiger partial charge in [-0.2, -0.15) is 4.72 Å². The van der Waals surface area contributed by atoms with Gasteiger partial charge in [0.15, 0.2) is 0 Å².